The van der Waals surface area contributed by atoms with Crippen molar-refractivity contribution < 1.29 is 19.1 Å². The third kappa shape index (κ3) is 4.66. The van der Waals surface area contributed by atoms with Crippen LogP contribution in [0.1, 0.15) is 79.0 Å². The SMILES string of the molecule is CC(C)[C@H]1CC[C@H](C)C[C@@]12CC(=O)N(C(=O)OC(C)(C)C)[C@H](c1ccccc1)O2. The maximum atomic E-state index is 13.4. The number of carbonyl (C=O) groups is 2. The van der Waals surface area contributed by atoms with E-state index in [2.05, 4.69) is 20.8 Å². The van der Waals surface area contributed by atoms with E-state index in [0.717, 1.165) is 24.8 Å². The average Bonchev–Trinajstić information content (AvgIpc) is 2.59. The summed E-state index contributed by atoms with van der Waals surface area (Å²) in [5.41, 5.74) is -0.429. The zero-order valence-corrected chi connectivity index (χ0v) is 18.6. The predicted molar refractivity (Wildman–Crippen MR) is 112 cm³/mol. The van der Waals surface area contributed by atoms with Crippen LogP contribution in [0.3, 0.4) is 0 Å². The molecule has 1 aliphatic heterocycles. The Hall–Kier alpha value is -1.88. The van der Waals surface area contributed by atoms with Crippen molar-refractivity contribution in [2.24, 2.45) is 17.8 Å². The van der Waals surface area contributed by atoms with Crippen LogP contribution in [-0.2, 0) is 14.3 Å². The van der Waals surface area contributed by atoms with Crippen LogP contribution in [0.4, 0.5) is 4.79 Å². The van der Waals surface area contributed by atoms with Crippen LogP contribution in [0, 0.1) is 17.8 Å². The highest BCUT2D eigenvalue weighted by atomic mass is 16.6. The van der Waals surface area contributed by atoms with E-state index in [9.17, 15) is 9.59 Å². The molecule has 1 saturated carbocycles. The molecule has 1 saturated heterocycles. The lowest BCUT2D eigenvalue weighted by atomic mass is 9.65. The summed E-state index contributed by atoms with van der Waals surface area (Å²) in [6.45, 7) is 12.0. The van der Waals surface area contributed by atoms with Crippen molar-refractivity contribution in [2.45, 2.75) is 84.7 Å². The van der Waals surface area contributed by atoms with Crippen molar-refractivity contribution in [3.63, 3.8) is 0 Å². The minimum Gasteiger partial charge on any atom is -0.443 e. The van der Waals surface area contributed by atoms with Gasteiger partial charge in [0.15, 0.2) is 6.23 Å². The third-order valence-corrected chi connectivity index (χ3v) is 6.12. The van der Waals surface area contributed by atoms with Gasteiger partial charge in [0.2, 0.25) is 5.91 Å². The summed E-state index contributed by atoms with van der Waals surface area (Å²) in [6, 6.07) is 9.54. The van der Waals surface area contributed by atoms with E-state index >= 15 is 0 Å². The fraction of sp³-hybridized carbons (Fsp3) is 0.667. The first-order valence-electron chi connectivity index (χ1n) is 10.8. The lowest BCUT2D eigenvalue weighted by molar-refractivity contribution is -0.232. The Bertz CT molecular complexity index is 739. The predicted octanol–water partition coefficient (Wildman–Crippen LogP) is 5.70. The number of rotatable bonds is 2. The average molecular weight is 402 g/mol. The van der Waals surface area contributed by atoms with Gasteiger partial charge in [0.1, 0.15) is 5.60 Å². The van der Waals surface area contributed by atoms with Crippen LogP contribution in [0.2, 0.25) is 0 Å². The third-order valence-electron chi connectivity index (χ3n) is 6.12. The summed E-state index contributed by atoms with van der Waals surface area (Å²) in [4.78, 5) is 27.5. The molecule has 29 heavy (non-hydrogen) atoms. The van der Waals surface area contributed by atoms with Crippen LogP contribution in [0.5, 0.6) is 0 Å². The number of nitrogens with zero attached hydrogens (tertiary/aromatic N) is 1. The molecule has 1 aliphatic carbocycles. The van der Waals surface area contributed by atoms with Gasteiger partial charge in [-0.05, 0) is 51.4 Å². The van der Waals surface area contributed by atoms with E-state index in [1.54, 1.807) is 20.8 Å². The van der Waals surface area contributed by atoms with Crippen LogP contribution in [-0.4, -0.2) is 28.1 Å². The van der Waals surface area contributed by atoms with Gasteiger partial charge < -0.3 is 9.47 Å². The molecule has 2 amide bonds. The highest BCUT2D eigenvalue weighted by molar-refractivity contribution is 5.93. The Labute approximate surface area is 174 Å². The normalized spacial score (nSPS) is 30.7. The topological polar surface area (TPSA) is 55.8 Å². The van der Waals surface area contributed by atoms with E-state index < -0.39 is 23.5 Å². The summed E-state index contributed by atoms with van der Waals surface area (Å²) >= 11 is 0. The van der Waals surface area contributed by atoms with Crippen molar-refractivity contribution in [3.05, 3.63) is 35.9 Å². The van der Waals surface area contributed by atoms with Crippen molar-refractivity contribution in [1.82, 2.24) is 4.90 Å². The van der Waals surface area contributed by atoms with Crippen LogP contribution in [0.15, 0.2) is 30.3 Å². The van der Waals surface area contributed by atoms with Crippen molar-refractivity contribution in [3.8, 4) is 0 Å². The van der Waals surface area contributed by atoms with Crippen molar-refractivity contribution in [2.75, 3.05) is 0 Å². The Morgan fingerprint density at radius 2 is 1.86 bits per heavy atom. The number of hydrogen-bond donors (Lipinski definition) is 0. The molecular weight excluding hydrogens is 366 g/mol. The number of carbonyl (C=O) groups excluding carboxylic acids is 2. The molecule has 2 fully saturated rings. The molecular formula is C24H35NO4. The Balaban J connectivity index is 2.01. The molecule has 5 nitrogen and oxygen atoms in total. The maximum absolute atomic E-state index is 13.4. The molecule has 3 rings (SSSR count). The van der Waals surface area contributed by atoms with E-state index in [0.29, 0.717) is 11.8 Å². The number of benzene rings is 1. The molecule has 0 bridgehead atoms. The highest BCUT2D eigenvalue weighted by Gasteiger charge is 2.54. The Kier molecular flexibility index (Phi) is 6.09. The number of hydrogen-bond acceptors (Lipinski definition) is 4. The minimum absolute atomic E-state index is 0.209. The van der Waals surface area contributed by atoms with Crippen LogP contribution < -0.4 is 0 Å². The highest BCUT2D eigenvalue weighted by Crippen LogP contribution is 2.51. The van der Waals surface area contributed by atoms with E-state index in [1.807, 2.05) is 30.3 Å². The fourth-order valence-corrected chi connectivity index (χ4v) is 4.98. The molecule has 1 spiro atoms. The van der Waals surface area contributed by atoms with Crippen LogP contribution >= 0.6 is 0 Å². The molecule has 0 aromatic heterocycles. The summed E-state index contributed by atoms with van der Waals surface area (Å²) < 4.78 is 12.3. The Morgan fingerprint density at radius 3 is 2.45 bits per heavy atom. The maximum Gasteiger partial charge on any atom is 0.419 e. The van der Waals surface area contributed by atoms with Gasteiger partial charge in [0, 0.05) is 5.56 Å². The van der Waals surface area contributed by atoms with Gasteiger partial charge in [0.05, 0.1) is 12.0 Å². The standard InChI is InChI=1S/C24H35NO4/c1-16(2)19-13-12-17(3)14-24(19)15-20(26)25(22(27)29-23(4,5)6)21(28-24)18-10-8-7-9-11-18/h7-11,16-17,19,21H,12-15H2,1-6H3/t17-,19+,21-,24+/m0/s1. The lowest BCUT2D eigenvalue weighted by Gasteiger charge is -2.53. The molecule has 160 valence electrons. The van der Waals surface area contributed by atoms with Crippen LogP contribution in [0.25, 0.3) is 0 Å². The number of imide groups is 1. The first-order chi connectivity index (χ1) is 13.5. The molecule has 1 heterocycles. The second-order valence-electron chi connectivity index (χ2n) is 10.1. The summed E-state index contributed by atoms with van der Waals surface area (Å²) in [6.07, 6.45) is 1.85. The van der Waals surface area contributed by atoms with E-state index in [4.69, 9.17) is 9.47 Å². The summed E-state index contributed by atoms with van der Waals surface area (Å²) in [7, 11) is 0. The molecule has 4 atom stereocenters. The summed E-state index contributed by atoms with van der Waals surface area (Å²) in [5.74, 6) is 0.968. The van der Waals surface area contributed by atoms with Gasteiger partial charge in [0.25, 0.3) is 0 Å². The lowest BCUT2D eigenvalue weighted by Crippen LogP contribution is -2.59. The second-order valence-corrected chi connectivity index (χ2v) is 10.1. The smallest absolute Gasteiger partial charge is 0.419 e. The van der Waals surface area contributed by atoms with Gasteiger partial charge in [-0.25, -0.2) is 9.69 Å². The van der Waals surface area contributed by atoms with Crippen molar-refractivity contribution >= 4 is 12.0 Å². The molecule has 2 aliphatic rings. The van der Waals surface area contributed by atoms with Crippen molar-refractivity contribution in [1.29, 1.82) is 0 Å². The Morgan fingerprint density at radius 1 is 1.21 bits per heavy atom. The van der Waals surface area contributed by atoms with Gasteiger partial charge >= 0.3 is 6.09 Å². The first-order valence-corrected chi connectivity index (χ1v) is 10.8. The van der Waals surface area contributed by atoms with E-state index in [-0.39, 0.29) is 18.2 Å². The molecule has 1 aromatic carbocycles. The first kappa shape index (κ1) is 21.8. The largest absolute Gasteiger partial charge is 0.443 e. The number of ether oxygens (including phenoxy) is 2. The van der Waals surface area contributed by atoms with Gasteiger partial charge in [-0.2, -0.15) is 0 Å². The monoisotopic (exact) mass is 401 g/mol. The van der Waals surface area contributed by atoms with Gasteiger partial charge in [-0.15, -0.1) is 0 Å². The number of amides is 2. The molecule has 1 aromatic rings. The van der Waals surface area contributed by atoms with E-state index in [1.165, 1.54) is 4.90 Å². The summed E-state index contributed by atoms with van der Waals surface area (Å²) in [5, 5.41) is 0. The van der Waals surface area contributed by atoms with Gasteiger partial charge in [-0.3, -0.25) is 4.79 Å². The zero-order valence-electron chi connectivity index (χ0n) is 18.6. The second kappa shape index (κ2) is 8.10. The molecule has 5 heteroatoms. The fourth-order valence-electron chi connectivity index (χ4n) is 4.98. The quantitative estimate of drug-likeness (QED) is 0.638. The van der Waals surface area contributed by atoms with Gasteiger partial charge in [-0.1, -0.05) is 57.5 Å². The molecule has 0 radical (unpaired) electrons. The zero-order chi connectivity index (χ0) is 21.4. The minimum atomic E-state index is -0.765. The molecule has 0 unspecified atom stereocenters. The molecule has 0 N–H and O–H groups in total.